The van der Waals surface area contributed by atoms with Crippen molar-refractivity contribution in [1.82, 2.24) is 9.97 Å². The molecule has 162 valence electrons. The molecule has 2 aromatic rings. The van der Waals surface area contributed by atoms with E-state index in [1.54, 1.807) is 44.5 Å². The summed E-state index contributed by atoms with van der Waals surface area (Å²) in [6.45, 7) is 3.53. The molecular formula is C20H26N4O6. The van der Waals surface area contributed by atoms with Crippen molar-refractivity contribution in [2.24, 2.45) is 0 Å². The number of hydrogen-bond acceptors (Lipinski definition) is 9. The van der Waals surface area contributed by atoms with E-state index in [1.165, 1.54) is 13.3 Å². The lowest BCUT2D eigenvalue weighted by Crippen LogP contribution is -2.21. The number of methoxy groups -OCH3 is 2. The highest BCUT2D eigenvalue weighted by Gasteiger charge is 2.20. The Morgan fingerprint density at radius 3 is 2.17 bits per heavy atom. The minimum absolute atomic E-state index is 0.345. The number of rotatable bonds is 8. The number of esters is 1. The van der Waals surface area contributed by atoms with Crippen LogP contribution in [0.2, 0.25) is 0 Å². The molecule has 30 heavy (non-hydrogen) atoms. The fourth-order valence-electron chi connectivity index (χ4n) is 1.79. The minimum atomic E-state index is -1.36. The molecule has 0 saturated heterocycles. The van der Waals surface area contributed by atoms with Crippen LogP contribution in [0, 0.1) is 0 Å². The molecule has 10 nitrogen and oxygen atoms in total. The van der Waals surface area contributed by atoms with Crippen molar-refractivity contribution in [3.63, 3.8) is 0 Å². The fraction of sp³-hybridized carbons (Fsp3) is 0.300. The van der Waals surface area contributed by atoms with Crippen molar-refractivity contribution in [3.8, 4) is 11.8 Å². The number of nitrogens with zero attached hydrogens (tertiary/aromatic N) is 2. The Hall–Kier alpha value is -3.82. The third kappa shape index (κ3) is 8.46. The molecule has 0 bridgehead atoms. The number of nitrogens with two attached hydrogens (primary N) is 1. The standard InChI is InChI=1S/C14H18N2O5.C6H8N2O/c1-4-9(2)21-14(19)11(13(17)18)8-15-10-5-6-12(20-3)16-7-10;1-9-6-3-2-5(7)4-8-6/h5-9,15H,4H2,1-3H3,(H,17,18);2-4H,7H2,1H3. The molecule has 0 aliphatic rings. The second-order valence-electron chi connectivity index (χ2n) is 5.85. The average molecular weight is 418 g/mol. The molecule has 0 amide bonds. The summed E-state index contributed by atoms with van der Waals surface area (Å²) in [5.41, 5.74) is 6.05. The number of nitrogens with one attached hydrogen (secondary N) is 1. The number of carbonyl (C=O) groups is 2. The summed E-state index contributed by atoms with van der Waals surface area (Å²) < 4.78 is 14.7. The maximum atomic E-state index is 11.7. The molecule has 2 aromatic heterocycles. The van der Waals surface area contributed by atoms with E-state index in [4.69, 9.17) is 25.1 Å². The van der Waals surface area contributed by atoms with Gasteiger partial charge in [-0.25, -0.2) is 19.6 Å². The fourth-order valence-corrected chi connectivity index (χ4v) is 1.79. The van der Waals surface area contributed by atoms with Crippen LogP contribution >= 0.6 is 0 Å². The van der Waals surface area contributed by atoms with Gasteiger partial charge in [0, 0.05) is 18.3 Å². The summed E-state index contributed by atoms with van der Waals surface area (Å²) in [7, 11) is 3.06. The SMILES string of the molecule is CCC(C)OC(=O)C(=CNc1ccc(OC)nc1)C(=O)O.COc1ccc(N)cn1. The van der Waals surface area contributed by atoms with Gasteiger partial charge in [-0.05, 0) is 25.5 Å². The summed E-state index contributed by atoms with van der Waals surface area (Å²) in [6.07, 6.45) is 4.35. The molecule has 0 saturated carbocycles. The second kappa shape index (κ2) is 12.6. The molecule has 0 aliphatic carbocycles. The average Bonchev–Trinajstić information content (AvgIpc) is 2.75. The number of carboxylic acid groups (broad SMARTS) is 1. The minimum Gasteiger partial charge on any atom is -0.481 e. The zero-order valence-corrected chi connectivity index (χ0v) is 17.3. The van der Waals surface area contributed by atoms with Crippen molar-refractivity contribution < 1.29 is 28.9 Å². The van der Waals surface area contributed by atoms with Crippen LogP contribution in [0.5, 0.6) is 11.8 Å². The predicted molar refractivity (Wildman–Crippen MR) is 111 cm³/mol. The van der Waals surface area contributed by atoms with Crippen LogP contribution in [-0.2, 0) is 14.3 Å². The van der Waals surface area contributed by atoms with Crippen molar-refractivity contribution in [2.45, 2.75) is 26.4 Å². The Balaban J connectivity index is 0.000000414. The number of hydrogen-bond donors (Lipinski definition) is 3. The van der Waals surface area contributed by atoms with E-state index < -0.39 is 17.5 Å². The van der Waals surface area contributed by atoms with Crippen LogP contribution in [0.25, 0.3) is 0 Å². The molecule has 2 heterocycles. The first-order valence-corrected chi connectivity index (χ1v) is 8.97. The van der Waals surface area contributed by atoms with Crippen molar-refractivity contribution in [2.75, 3.05) is 25.3 Å². The van der Waals surface area contributed by atoms with E-state index in [9.17, 15) is 9.59 Å². The lowest BCUT2D eigenvalue weighted by atomic mass is 10.2. The smallest absolute Gasteiger partial charge is 0.347 e. The molecule has 1 unspecified atom stereocenters. The van der Waals surface area contributed by atoms with E-state index in [0.717, 1.165) is 6.20 Å². The summed E-state index contributed by atoms with van der Waals surface area (Å²) in [5, 5.41) is 11.7. The maximum Gasteiger partial charge on any atom is 0.347 e. The Bertz CT molecular complexity index is 837. The Labute approximate surface area is 174 Å². The zero-order chi connectivity index (χ0) is 22.5. The van der Waals surface area contributed by atoms with Crippen LogP contribution in [0.1, 0.15) is 20.3 Å². The van der Waals surface area contributed by atoms with Gasteiger partial charge in [-0.2, -0.15) is 0 Å². The first-order chi connectivity index (χ1) is 14.3. The highest BCUT2D eigenvalue weighted by atomic mass is 16.5. The highest BCUT2D eigenvalue weighted by molar-refractivity contribution is 6.13. The number of nitrogen functional groups attached to an aromatic ring is 1. The molecule has 10 heteroatoms. The van der Waals surface area contributed by atoms with E-state index in [2.05, 4.69) is 15.3 Å². The van der Waals surface area contributed by atoms with E-state index in [-0.39, 0.29) is 6.10 Å². The number of ether oxygens (including phenoxy) is 3. The Morgan fingerprint density at radius 1 is 1.13 bits per heavy atom. The summed E-state index contributed by atoms with van der Waals surface area (Å²) in [4.78, 5) is 30.6. The third-order valence-corrected chi connectivity index (χ3v) is 3.63. The molecule has 0 radical (unpaired) electrons. The van der Waals surface area contributed by atoms with Gasteiger partial charge in [0.1, 0.15) is 0 Å². The van der Waals surface area contributed by atoms with Crippen molar-refractivity contribution >= 4 is 23.3 Å². The van der Waals surface area contributed by atoms with Gasteiger partial charge in [-0.3, -0.25) is 0 Å². The third-order valence-electron chi connectivity index (χ3n) is 3.63. The van der Waals surface area contributed by atoms with Gasteiger partial charge in [0.2, 0.25) is 11.8 Å². The Kier molecular flexibility index (Phi) is 10.2. The largest absolute Gasteiger partial charge is 0.481 e. The lowest BCUT2D eigenvalue weighted by molar-refractivity contribution is -0.147. The maximum absolute atomic E-state index is 11.7. The zero-order valence-electron chi connectivity index (χ0n) is 17.3. The number of carbonyl (C=O) groups excluding carboxylic acids is 1. The van der Waals surface area contributed by atoms with Crippen LogP contribution in [0.4, 0.5) is 11.4 Å². The van der Waals surface area contributed by atoms with Crippen LogP contribution in [0.3, 0.4) is 0 Å². The van der Waals surface area contributed by atoms with Crippen LogP contribution in [0.15, 0.2) is 48.4 Å². The van der Waals surface area contributed by atoms with Crippen molar-refractivity contribution in [3.05, 3.63) is 48.4 Å². The van der Waals surface area contributed by atoms with E-state index in [1.807, 2.05) is 6.92 Å². The van der Waals surface area contributed by atoms with Crippen molar-refractivity contribution in [1.29, 1.82) is 0 Å². The molecular weight excluding hydrogens is 392 g/mol. The molecule has 0 fully saturated rings. The normalized spacial score (nSPS) is 11.4. The quantitative estimate of drug-likeness (QED) is 0.253. The summed E-state index contributed by atoms with van der Waals surface area (Å²) >= 11 is 0. The predicted octanol–water partition coefficient (Wildman–Crippen LogP) is 2.48. The Morgan fingerprint density at radius 2 is 1.73 bits per heavy atom. The molecule has 0 aromatic carbocycles. The van der Waals surface area contributed by atoms with Gasteiger partial charge in [0.25, 0.3) is 0 Å². The van der Waals surface area contributed by atoms with Crippen LogP contribution < -0.4 is 20.5 Å². The first kappa shape index (κ1) is 24.2. The number of pyridine rings is 2. The second-order valence-corrected chi connectivity index (χ2v) is 5.85. The van der Waals surface area contributed by atoms with Crippen LogP contribution in [-0.4, -0.2) is 47.3 Å². The molecule has 4 N–H and O–H groups in total. The first-order valence-electron chi connectivity index (χ1n) is 8.97. The molecule has 0 aliphatic heterocycles. The number of anilines is 2. The van der Waals surface area contributed by atoms with Gasteiger partial charge >= 0.3 is 11.9 Å². The number of aromatic nitrogens is 2. The monoisotopic (exact) mass is 418 g/mol. The number of carboxylic acids is 1. The summed E-state index contributed by atoms with van der Waals surface area (Å²) in [6, 6.07) is 6.71. The van der Waals surface area contributed by atoms with Gasteiger partial charge in [-0.15, -0.1) is 0 Å². The number of aliphatic carboxylic acids is 1. The van der Waals surface area contributed by atoms with Gasteiger partial charge in [0.05, 0.1) is 44.1 Å². The summed E-state index contributed by atoms with van der Waals surface area (Å²) in [5.74, 6) is -1.23. The van der Waals surface area contributed by atoms with Gasteiger partial charge in [-0.1, -0.05) is 6.92 Å². The van der Waals surface area contributed by atoms with Gasteiger partial charge in [0.15, 0.2) is 5.57 Å². The topological polar surface area (TPSA) is 146 Å². The molecule has 2 rings (SSSR count). The van der Waals surface area contributed by atoms with E-state index in [0.29, 0.717) is 29.6 Å². The lowest BCUT2D eigenvalue weighted by Gasteiger charge is -2.11. The van der Waals surface area contributed by atoms with Gasteiger partial charge < -0.3 is 30.4 Å². The van der Waals surface area contributed by atoms with E-state index >= 15 is 0 Å². The molecule has 0 spiro atoms. The molecule has 1 atom stereocenters. The highest BCUT2D eigenvalue weighted by Crippen LogP contribution is 2.12.